The van der Waals surface area contributed by atoms with Crippen LogP contribution in [0.4, 0.5) is 11.6 Å². The SMILES string of the molecule is CCN(C(=O)c1cnc(NCc2cccc(C)c2)nc1)c1ccccc1. The van der Waals surface area contributed by atoms with Crippen molar-refractivity contribution in [2.45, 2.75) is 20.4 Å². The number of anilines is 2. The van der Waals surface area contributed by atoms with Crippen molar-refractivity contribution in [3.05, 3.63) is 83.7 Å². The van der Waals surface area contributed by atoms with Crippen molar-refractivity contribution in [3.8, 4) is 0 Å². The first-order chi connectivity index (χ1) is 12.7. The number of amides is 1. The van der Waals surface area contributed by atoms with Crippen molar-refractivity contribution >= 4 is 17.5 Å². The standard InChI is InChI=1S/C21H22N4O/c1-3-25(19-10-5-4-6-11-19)20(26)18-14-23-21(24-15-18)22-13-17-9-7-8-16(2)12-17/h4-12,14-15H,3,13H2,1-2H3,(H,22,23,24). The zero-order valence-corrected chi connectivity index (χ0v) is 15.0. The molecule has 5 nitrogen and oxygen atoms in total. The van der Waals surface area contributed by atoms with E-state index in [1.807, 2.05) is 43.3 Å². The van der Waals surface area contributed by atoms with Gasteiger partial charge in [0.2, 0.25) is 5.95 Å². The van der Waals surface area contributed by atoms with Gasteiger partial charge in [-0.2, -0.15) is 0 Å². The largest absolute Gasteiger partial charge is 0.350 e. The van der Waals surface area contributed by atoms with Crippen LogP contribution in [0.15, 0.2) is 67.0 Å². The highest BCUT2D eigenvalue weighted by Gasteiger charge is 2.16. The zero-order valence-electron chi connectivity index (χ0n) is 15.0. The summed E-state index contributed by atoms with van der Waals surface area (Å²) in [6, 6.07) is 17.9. The average Bonchev–Trinajstić information content (AvgIpc) is 2.68. The number of hydrogen-bond acceptors (Lipinski definition) is 4. The maximum atomic E-state index is 12.7. The molecule has 2 aromatic carbocycles. The van der Waals surface area contributed by atoms with Gasteiger partial charge in [0, 0.05) is 31.2 Å². The second kappa shape index (κ2) is 8.25. The Morgan fingerprint density at radius 1 is 1.04 bits per heavy atom. The lowest BCUT2D eigenvalue weighted by atomic mass is 10.1. The monoisotopic (exact) mass is 346 g/mol. The highest BCUT2D eigenvalue weighted by Crippen LogP contribution is 2.16. The molecule has 1 aromatic heterocycles. The van der Waals surface area contributed by atoms with E-state index in [-0.39, 0.29) is 5.91 Å². The van der Waals surface area contributed by atoms with Crippen LogP contribution < -0.4 is 10.2 Å². The van der Waals surface area contributed by atoms with Crippen molar-refractivity contribution in [3.63, 3.8) is 0 Å². The number of nitrogens with zero attached hydrogens (tertiary/aromatic N) is 3. The molecular formula is C21H22N4O. The van der Waals surface area contributed by atoms with Crippen molar-refractivity contribution in [2.24, 2.45) is 0 Å². The number of para-hydroxylation sites is 1. The molecule has 0 saturated carbocycles. The van der Waals surface area contributed by atoms with E-state index in [1.165, 1.54) is 5.56 Å². The number of nitrogens with one attached hydrogen (secondary N) is 1. The molecule has 3 aromatic rings. The van der Waals surface area contributed by atoms with E-state index in [0.29, 0.717) is 24.6 Å². The maximum absolute atomic E-state index is 12.7. The fraction of sp³-hybridized carbons (Fsp3) is 0.190. The van der Waals surface area contributed by atoms with Crippen molar-refractivity contribution < 1.29 is 4.79 Å². The second-order valence-electron chi connectivity index (χ2n) is 6.02. The number of benzene rings is 2. The Kier molecular flexibility index (Phi) is 5.59. The first kappa shape index (κ1) is 17.6. The van der Waals surface area contributed by atoms with Crippen LogP contribution >= 0.6 is 0 Å². The van der Waals surface area contributed by atoms with Crippen LogP contribution in [0.25, 0.3) is 0 Å². The molecule has 0 aliphatic carbocycles. The van der Waals surface area contributed by atoms with E-state index in [2.05, 4.69) is 40.4 Å². The topological polar surface area (TPSA) is 58.1 Å². The van der Waals surface area contributed by atoms with Crippen LogP contribution in [-0.2, 0) is 6.54 Å². The lowest BCUT2D eigenvalue weighted by Crippen LogP contribution is -2.30. The van der Waals surface area contributed by atoms with Gasteiger partial charge in [0.05, 0.1) is 5.56 Å². The predicted molar refractivity (Wildman–Crippen MR) is 104 cm³/mol. The third-order valence-electron chi connectivity index (χ3n) is 4.06. The van der Waals surface area contributed by atoms with E-state index < -0.39 is 0 Å². The molecule has 0 saturated heterocycles. The van der Waals surface area contributed by atoms with E-state index >= 15 is 0 Å². The van der Waals surface area contributed by atoms with E-state index in [9.17, 15) is 4.79 Å². The summed E-state index contributed by atoms with van der Waals surface area (Å²) in [4.78, 5) is 23.0. The van der Waals surface area contributed by atoms with Crippen molar-refractivity contribution in [1.82, 2.24) is 9.97 Å². The van der Waals surface area contributed by atoms with Crippen LogP contribution in [-0.4, -0.2) is 22.4 Å². The summed E-state index contributed by atoms with van der Waals surface area (Å²) in [6.07, 6.45) is 3.14. The lowest BCUT2D eigenvalue weighted by molar-refractivity contribution is 0.0987. The highest BCUT2D eigenvalue weighted by molar-refractivity contribution is 6.05. The number of hydrogen-bond donors (Lipinski definition) is 1. The van der Waals surface area contributed by atoms with Crippen LogP contribution in [0, 0.1) is 6.92 Å². The van der Waals surface area contributed by atoms with Gasteiger partial charge in [0.1, 0.15) is 0 Å². The molecule has 3 rings (SSSR count). The number of aryl methyl sites for hydroxylation is 1. The van der Waals surface area contributed by atoms with Gasteiger partial charge >= 0.3 is 0 Å². The first-order valence-electron chi connectivity index (χ1n) is 8.65. The second-order valence-corrected chi connectivity index (χ2v) is 6.02. The van der Waals surface area contributed by atoms with Gasteiger partial charge < -0.3 is 10.2 Å². The van der Waals surface area contributed by atoms with Crippen LogP contribution in [0.5, 0.6) is 0 Å². The maximum Gasteiger partial charge on any atom is 0.261 e. The van der Waals surface area contributed by atoms with E-state index in [4.69, 9.17) is 0 Å². The summed E-state index contributed by atoms with van der Waals surface area (Å²) < 4.78 is 0. The van der Waals surface area contributed by atoms with Gasteiger partial charge in [-0.25, -0.2) is 9.97 Å². The summed E-state index contributed by atoms with van der Waals surface area (Å²) in [5.74, 6) is 0.398. The molecule has 1 amide bonds. The molecular weight excluding hydrogens is 324 g/mol. The molecule has 0 aliphatic rings. The van der Waals surface area contributed by atoms with Crippen LogP contribution in [0.1, 0.15) is 28.4 Å². The summed E-state index contributed by atoms with van der Waals surface area (Å²) in [6.45, 7) is 5.23. The van der Waals surface area contributed by atoms with Gasteiger partial charge in [-0.1, -0.05) is 48.0 Å². The van der Waals surface area contributed by atoms with Gasteiger partial charge in [-0.15, -0.1) is 0 Å². The number of aromatic nitrogens is 2. The third kappa shape index (κ3) is 4.25. The van der Waals surface area contributed by atoms with Crippen molar-refractivity contribution in [1.29, 1.82) is 0 Å². The molecule has 0 aliphatic heterocycles. The normalized spacial score (nSPS) is 10.4. The lowest BCUT2D eigenvalue weighted by Gasteiger charge is -2.20. The number of carbonyl (C=O) groups excluding carboxylic acids is 1. The summed E-state index contributed by atoms with van der Waals surface area (Å²) in [7, 11) is 0. The highest BCUT2D eigenvalue weighted by atomic mass is 16.2. The Morgan fingerprint density at radius 2 is 1.77 bits per heavy atom. The molecule has 0 radical (unpaired) electrons. The minimum Gasteiger partial charge on any atom is -0.350 e. The quantitative estimate of drug-likeness (QED) is 0.731. The number of rotatable bonds is 6. The van der Waals surface area contributed by atoms with Gasteiger partial charge in [-0.05, 0) is 31.5 Å². The molecule has 0 fully saturated rings. The molecule has 1 N–H and O–H groups in total. The Bertz CT molecular complexity index is 863. The van der Waals surface area contributed by atoms with Gasteiger partial charge in [-0.3, -0.25) is 4.79 Å². The smallest absolute Gasteiger partial charge is 0.261 e. The first-order valence-corrected chi connectivity index (χ1v) is 8.65. The average molecular weight is 346 g/mol. The molecule has 26 heavy (non-hydrogen) atoms. The summed E-state index contributed by atoms with van der Waals surface area (Å²) in [5, 5.41) is 3.18. The summed E-state index contributed by atoms with van der Waals surface area (Å²) >= 11 is 0. The molecule has 0 atom stereocenters. The molecule has 0 spiro atoms. The van der Waals surface area contributed by atoms with Gasteiger partial charge in [0.15, 0.2) is 0 Å². The van der Waals surface area contributed by atoms with E-state index in [0.717, 1.165) is 11.3 Å². The Balaban J connectivity index is 1.67. The minimum absolute atomic E-state index is 0.107. The Labute approximate surface area is 153 Å². The van der Waals surface area contributed by atoms with Crippen molar-refractivity contribution in [2.75, 3.05) is 16.8 Å². The molecule has 132 valence electrons. The van der Waals surface area contributed by atoms with Gasteiger partial charge in [0.25, 0.3) is 5.91 Å². The third-order valence-corrected chi connectivity index (χ3v) is 4.06. The fourth-order valence-electron chi connectivity index (χ4n) is 2.74. The van der Waals surface area contributed by atoms with E-state index in [1.54, 1.807) is 17.3 Å². The number of carbonyl (C=O) groups is 1. The Morgan fingerprint density at radius 3 is 2.42 bits per heavy atom. The zero-order chi connectivity index (χ0) is 18.4. The van der Waals surface area contributed by atoms with Crippen LogP contribution in [0.3, 0.4) is 0 Å². The Hall–Kier alpha value is -3.21. The fourth-order valence-corrected chi connectivity index (χ4v) is 2.74. The molecule has 1 heterocycles. The summed E-state index contributed by atoms with van der Waals surface area (Å²) in [5.41, 5.74) is 3.71. The molecule has 5 heteroatoms. The molecule has 0 bridgehead atoms. The molecule has 0 unspecified atom stereocenters. The predicted octanol–water partition coefficient (Wildman–Crippen LogP) is 4.06. The van der Waals surface area contributed by atoms with Crippen LogP contribution in [0.2, 0.25) is 0 Å². The minimum atomic E-state index is -0.107.